The molecule has 6 nitrogen and oxygen atoms in total. The topological polar surface area (TPSA) is 75.4 Å². The Labute approximate surface area is 98.3 Å². The molecule has 2 amide bonds. The largest absolute Gasteiger partial charge is 0.363 e. The summed E-state index contributed by atoms with van der Waals surface area (Å²) in [7, 11) is 0. The molecule has 1 aromatic rings. The van der Waals surface area contributed by atoms with Crippen molar-refractivity contribution in [2.24, 2.45) is 5.92 Å². The van der Waals surface area contributed by atoms with Gasteiger partial charge in [-0.2, -0.15) is 0 Å². The van der Waals surface area contributed by atoms with Crippen LogP contribution in [0.4, 0.5) is 5.69 Å². The van der Waals surface area contributed by atoms with Crippen molar-refractivity contribution < 1.29 is 14.1 Å². The first-order valence-corrected chi connectivity index (χ1v) is 5.32. The van der Waals surface area contributed by atoms with Gasteiger partial charge in [-0.25, -0.2) is 0 Å². The first-order valence-electron chi connectivity index (χ1n) is 5.32. The van der Waals surface area contributed by atoms with Crippen LogP contribution in [0.2, 0.25) is 0 Å². The van der Waals surface area contributed by atoms with Crippen LogP contribution in [0.15, 0.2) is 29.6 Å². The number of nitrogens with zero attached hydrogens (tertiary/aromatic N) is 2. The number of rotatable bonds is 3. The van der Waals surface area contributed by atoms with E-state index in [9.17, 15) is 9.59 Å². The number of aromatic nitrogens is 1. The third-order valence-electron chi connectivity index (χ3n) is 2.75. The highest BCUT2D eigenvalue weighted by molar-refractivity contribution is 5.94. The molecule has 0 saturated carbocycles. The second-order valence-electron chi connectivity index (χ2n) is 3.88. The third-order valence-corrected chi connectivity index (χ3v) is 2.75. The molecule has 1 saturated heterocycles. The SMILES string of the molecule is C=CC(=O)N1CCC(C(=O)Nc2cnoc2)C1. The fraction of sp³-hybridized carbons (Fsp3) is 0.364. The van der Waals surface area contributed by atoms with E-state index < -0.39 is 0 Å². The van der Waals surface area contributed by atoms with Gasteiger partial charge in [-0.15, -0.1) is 0 Å². The molecule has 0 aliphatic carbocycles. The molecule has 1 unspecified atom stereocenters. The van der Waals surface area contributed by atoms with E-state index in [1.54, 1.807) is 4.90 Å². The zero-order valence-corrected chi connectivity index (χ0v) is 9.26. The van der Waals surface area contributed by atoms with Crippen molar-refractivity contribution >= 4 is 17.5 Å². The molecule has 0 aromatic carbocycles. The Balaban J connectivity index is 1.90. The predicted molar refractivity (Wildman–Crippen MR) is 60.0 cm³/mol. The summed E-state index contributed by atoms with van der Waals surface area (Å²) in [5, 5.41) is 6.17. The van der Waals surface area contributed by atoms with Crippen LogP contribution >= 0.6 is 0 Å². The highest BCUT2D eigenvalue weighted by atomic mass is 16.5. The molecule has 17 heavy (non-hydrogen) atoms. The van der Waals surface area contributed by atoms with Crippen LogP contribution in [0.3, 0.4) is 0 Å². The van der Waals surface area contributed by atoms with Gasteiger partial charge in [0.2, 0.25) is 11.8 Å². The van der Waals surface area contributed by atoms with Gasteiger partial charge in [-0.3, -0.25) is 9.59 Å². The molecular weight excluding hydrogens is 222 g/mol. The lowest BCUT2D eigenvalue weighted by Gasteiger charge is -2.13. The van der Waals surface area contributed by atoms with Crippen LogP contribution in [0.1, 0.15) is 6.42 Å². The molecule has 90 valence electrons. The predicted octanol–water partition coefficient (Wildman–Crippen LogP) is 0.648. The minimum Gasteiger partial charge on any atom is -0.363 e. The molecule has 1 N–H and O–H groups in total. The summed E-state index contributed by atoms with van der Waals surface area (Å²) in [6, 6.07) is 0. The molecule has 6 heteroatoms. The summed E-state index contributed by atoms with van der Waals surface area (Å²) in [4.78, 5) is 24.8. The van der Waals surface area contributed by atoms with E-state index in [0.717, 1.165) is 0 Å². The van der Waals surface area contributed by atoms with Crippen molar-refractivity contribution in [2.45, 2.75) is 6.42 Å². The molecule has 0 spiro atoms. The minimum absolute atomic E-state index is 0.118. The summed E-state index contributed by atoms with van der Waals surface area (Å²) in [6.07, 6.45) is 4.72. The van der Waals surface area contributed by atoms with Crippen LogP contribution in [-0.2, 0) is 9.59 Å². The second-order valence-corrected chi connectivity index (χ2v) is 3.88. The summed E-state index contributed by atoms with van der Waals surface area (Å²) >= 11 is 0. The van der Waals surface area contributed by atoms with Crippen LogP contribution < -0.4 is 5.32 Å². The Morgan fingerprint density at radius 3 is 3.12 bits per heavy atom. The zero-order chi connectivity index (χ0) is 12.3. The number of likely N-dealkylation sites (tertiary alicyclic amines) is 1. The Hall–Kier alpha value is -2.11. The second kappa shape index (κ2) is 4.82. The fourth-order valence-electron chi connectivity index (χ4n) is 1.81. The van der Waals surface area contributed by atoms with Crippen LogP contribution in [0.5, 0.6) is 0 Å². The van der Waals surface area contributed by atoms with Gasteiger partial charge in [0.05, 0.1) is 12.1 Å². The van der Waals surface area contributed by atoms with E-state index in [0.29, 0.717) is 25.2 Å². The van der Waals surface area contributed by atoms with Gasteiger partial charge in [-0.05, 0) is 12.5 Å². The number of amides is 2. The molecular formula is C11H13N3O3. The standard InChI is InChI=1S/C11H13N3O3/c1-2-10(15)14-4-3-8(6-14)11(16)13-9-5-12-17-7-9/h2,5,7-8H,1,3-4,6H2,(H,13,16). The lowest BCUT2D eigenvalue weighted by molar-refractivity contribution is -0.125. The summed E-state index contributed by atoms with van der Waals surface area (Å²) in [5.74, 6) is -0.438. The average molecular weight is 235 g/mol. The molecule has 1 fully saturated rings. The highest BCUT2D eigenvalue weighted by Crippen LogP contribution is 2.18. The maximum Gasteiger partial charge on any atom is 0.245 e. The fourth-order valence-corrected chi connectivity index (χ4v) is 1.81. The number of nitrogens with one attached hydrogen (secondary N) is 1. The summed E-state index contributed by atoms with van der Waals surface area (Å²) in [6.45, 7) is 4.45. The van der Waals surface area contributed by atoms with Crippen LogP contribution in [-0.4, -0.2) is 35.0 Å². The van der Waals surface area contributed by atoms with Gasteiger partial charge < -0.3 is 14.7 Å². The van der Waals surface area contributed by atoms with Crippen LogP contribution in [0.25, 0.3) is 0 Å². The van der Waals surface area contributed by atoms with Gasteiger partial charge in [-0.1, -0.05) is 11.7 Å². The smallest absolute Gasteiger partial charge is 0.245 e. The maximum atomic E-state index is 11.8. The number of hydrogen-bond acceptors (Lipinski definition) is 4. The van der Waals surface area contributed by atoms with E-state index in [-0.39, 0.29) is 17.7 Å². The molecule has 1 aliphatic heterocycles. The average Bonchev–Trinajstić information content (AvgIpc) is 2.98. The molecule has 1 atom stereocenters. The third kappa shape index (κ3) is 2.52. The Morgan fingerprint density at radius 2 is 2.47 bits per heavy atom. The molecule has 1 aromatic heterocycles. The summed E-state index contributed by atoms with van der Waals surface area (Å²) < 4.78 is 4.61. The van der Waals surface area contributed by atoms with E-state index in [1.807, 2.05) is 0 Å². The van der Waals surface area contributed by atoms with E-state index >= 15 is 0 Å². The highest BCUT2D eigenvalue weighted by Gasteiger charge is 2.30. The number of carbonyl (C=O) groups excluding carboxylic acids is 2. The zero-order valence-electron chi connectivity index (χ0n) is 9.26. The van der Waals surface area contributed by atoms with Gasteiger partial charge >= 0.3 is 0 Å². The van der Waals surface area contributed by atoms with Crippen LogP contribution in [0, 0.1) is 5.92 Å². The van der Waals surface area contributed by atoms with E-state index in [2.05, 4.69) is 21.6 Å². The Morgan fingerprint density at radius 1 is 1.65 bits per heavy atom. The molecule has 2 heterocycles. The molecule has 1 aliphatic rings. The van der Waals surface area contributed by atoms with E-state index in [4.69, 9.17) is 0 Å². The number of anilines is 1. The van der Waals surface area contributed by atoms with Gasteiger partial charge in [0.25, 0.3) is 0 Å². The first kappa shape index (κ1) is 11.4. The van der Waals surface area contributed by atoms with Gasteiger partial charge in [0.1, 0.15) is 12.0 Å². The molecule has 2 rings (SSSR count). The quantitative estimate of drug-likeness (QED) is 0.780. The van der Waals surface area contributed by atoms with Gasteiger partial charge in [0.15, 0.2) is 0 Å². The van der Waals surface area contributed by atoms with Crippen molar-refractivity contribution in [3.8, 4) is 0 Å². The minimum atomic E-state index is -0.186. The number of carbonyl (C=O) groups is 2. The molecule has 0 bridgehead atoms. The molecule has 0 radical (unpaired) electrons. The summed E-state index contributed by atoms with van der Waals surface area (Å²) in [5.41, 5.74) is 0.531. The van der Waals surface area contributed by atoms with Crippen molar-refractivity contribution in [2.75, 3.05) is 18.4 Å². The lowest BCUT2D eigenvalue weighted by Crippen LogP contribution is -2.30. The van der Waals surface area contributed by atoms with Crippen molar-refractivity contribution in [3.63, 3.8) is 0 Å². The van der Waals surface area contributed by atoms with Crippen molar-refractivity contribution in [3.05, 3.63) is 25.1 Å². The van der Waals surface area contributed by atoms with Crippen molar-refractivity contribution in [1.29, 1.82) is 0 Å². The number of hydrogen-bond donors (Lipinski definition) is 1. The maximum absolute atomic E-state index is 11.8. The lowest BCUT2D eigenvalue weighted by atomic mass is 10.1. The first-order chi connectivity index (χ1) is 8.20. The Kier molecular flexibility index (Phi) is 3.22. The van der Waals surface area contributed by atoms with E-state index in [1.165, 1.54) is 18.5 Å². The normalized spacial score (nSPS) is 19.1. The van der Waals surface area contributed by atoms with Gasteiger partial charge in [0, 0.05) is 13.1 Å². The Bertz CT molecular complexity index is 427. The van der Waals surface area contributed by atoms with Crippen molar-refractivity contribution in [1.82, 2.24) is 10.1 Å². The monoisotopic (exact) mass is 235 g/mol.